The van der Waals surface area contributed by atoms with Crippen molar-refractivity contribution < 1.29 is 0 Å². The highest BCUT2D eigenvalue weighted by Crippen LogP contribution is 2.23. The molecule has 0 amide bonds. The Morgan fingerprint density at radius 2 is 1.70 bits per heavy atom. The summed E-state index contributed by atoms with van der Waals surface area (Å²) in [5.41, 5.74) is 1.01. The number of nitrogens with one attached hydrogen (secondary N) is 2. The van der Waals surface area contributed by atoms with Crippen LogP contribution in [0.4, 0.5) is 17.3 Å². The molecule has 0 saturated heterocycles. The Bertz CT molecular complexity index is 564. The van der Waals surface area contributed by atoms with E-state index < -0.39 is 0 Å². The molecule has 0 bridgehead atoms. The first-order valence-electron chi connectivity index (χ1n) is 6.91. The van der Waals surface area contributed by atoms with E-state index in [1.54, 1.807) is 6.33 Å². The number of nitrogens with zero attached hydrogens (tertiary/aromatic N) is 2. The van der Waals surface area contributed by atoms with E-state index in [1.807, 2.05) is 30.3 Å². The molecule has 1 aromatic heterocycles. The predicted octanol–water partition coefficient (Wildman–Crippen LogP) is 4.34. The van der Waals surface area contributed by atoms with Crippen molar-refractivity contribution in [3.63, 3.8) is 0 Å². The van der Waals surface area contributed by atoms with Crippen molar-refractivity contribution in [1.82, 2.24) is 9.97 Å². The summed E-state index contributed by atoms with van der Waals surface area (Å²) >= 11 is 3.43. The van der Waals surface area contributed by atoms with Gasteiger partial charge in [0.15, 0.2) is 0 Å². The van der Waals surface area contributed by atoms with E-state index in [2.05, 4.69) is 36.5 Å². The van der Waals surface area contributed by atoms with Crippen molar-refractivity contribution >= 4 is 33.3 Å². The van der Waals surface area contributed by atoms with E-state index in [0.29, 0.717) is 6.04 Å². The minimum absolute atomic E-state index is 0.561. The van der Waals surface area contributed by atoms with Gasteiger partial charge in [0, 0.05) is 22.3 Å². The number of halogens is 1. The lowest BCUT2D eigenvalue weighted by Gasteiger charge is -2.13. The zero-order chi connectivity index (χ0) is 13.8. The molecule has 1 aliphatic rings. The van der Waals surface area contributed by atoms with Crippen LogP contribution < -0.4 is 10.6 Å². The van der Waals surface area contributed by atoms with Crippen LogP contribution in [0.2, 0.25) is 0 Å². The van der Waals surface area contributed by atoms with Gasteiger partial charge in [0.05, 0.1) is 0 Å². The average Bonchev–Trinajstić information content (AvgIpc) is 2.95. The molecule has 0 atom stereocenters. The van der Waals surface area contributed by atoms with Gasteiger partial charge in [-0.15, -0.1) is 0 Å². The van der Waals surface area contributed by atoms with E-state index in [1.165, 1.54) is 25.7 Å². The molecule has 20 heavy (non-hydrogen) atoms. The summed E-state index contributed by atoms with van der Waals surface area (Å²) in [6.45, 7) is 0. The highest BCUT2D eigenvalue weighted by molar-refractivity contribution is 9.10. The molecule has 3 rings (SSSR count). The van der Waals surface area contributed by atoms with E-state index in [-0.39, 0.29) is 0 Å². The van der Waals surface area contributed by atoms with Crippen molar-refractivity contribution in [1.29, 1.82) is 0 Å². The lowest BCUT2D eigenvalue weighted by Crippen LogP contribution is -2.15. The molecular weight excluding hydrogens is 316 g/mol. The number of hydrogen-bond acceptors (Lipinski definition) is 4. The van der Waals surface area contributed by atoms with Crippen LogP contribution in [0.5, 0.6) is 0 Å². The van der Waals surface area contributed by atoms with Crippen LogP contribution in [0, 0.1) is 0 Å². The minimum Gasteiger partial charge on any atom is -0.367 e. The van der Waals surface area contributed by atoms with Gasteiger partial charge in [-0.05, 0) is 37.1 Å². The van der Waals surface area contributed by atoms with Gasteiger partial charge in [0.2, 0.25) is 0 Å². The van der Waals surface area contributed by atoms with Crippen LogP contribution >= 0.6 is 15.9 Å². The first-order chi connectivity index (χ1) is 9.79. The van der Waals surface area contributed by atoms with Gasteiger partial charge in [-0.3, -0.25) is 0 Å². The summed E-state index contributed by atoms with van der Waals surface area (Å²) in [7, 11) is 0. The summed E-state index contributed by atoms with van der Waals surface area (Å²) in [4.78, 5) is 8.55. The van der Waals surface area contributed by atoms with Gasteiger partial charge in [-0.2, -0.15) is 0 Å². The monoisotopic (exact) mass is 332 g/mol. The quantitative estimate of drug-likeness (QED) is 0.874. The van der Waals surface area contributed by atoms with E-state index in [9.17, 15) is 0 Å². The Balaban J connectivity index is 1.68. The maximum atomic E-state index is 4.29. The van der Waals surface area contributed by atoms with Crippen LogP contribution in [0.3, 0.4) is 0 Å². The molecule has 1 fully saturated rings. The van der Waals surface area contributed by atoms with Crippen LogP contribution in [0.1, 0.15) is 25.7 Å². The second-order valence-corrected chi connectivity index (χ2v) is 5.96. The van der Waals surface area contributed by atoms with Crippen LogP contribution in [0.15, 0.2) is 41.1 Å². The van der Waals surface area contributed by atoms with Crippen molar-refractivity contribution in [2.45, 2.75) is 31.7 Å². The van der Waals surface area contributed by atoms with Gasteiger partial charge < -0.3 is 10.6 Å². The summed E-state index contributed by atoms with van der Waals surface area (Å²) in [5, 5.41) is 6.76. The van der Waals surface area contributed by atoms with Gasteiger partial charge >= 0.3 is 0 Å². The minimum atomic E-state index is 0.561. The van der Waals surface area contributed by atoms with E-state index >= 15 is 0 Å². The van der Waals surface area contributed by atoms with Gasteiger partial charge in [0.1, 0.15) is 18.0 Å². The fourth-order valence-corrected chi connectivity index (χ4v) is 2.73. The van der Waals surface area contributed by atoms with E-state index in [0.717, 1.165) is 21.8 Å². The maximum absolute atomic E-state index is 4.29. The largest absolute Gasteiger partial charge is 0.367 e. The lowest BCUT2D eigenvalue weighted by molar-refractivity contribution is 0.750. The molecule has 2 N–H and O–H groups in total. The van der Waals surface area contributed by atoms with Crippen molar-refractivity contribution in [3.8, 4) is 0 Å². The third-order valence-electron chi connectivity index (χ3n) is 3.49. The second kappa shape index (κ2) is 6.22. The molecule has 104 valence electrons. The van der Waals surface area contributed by atoms with Crippen LogP contribution in [0.25, 0.3) is 0 Å². The van der Waals surface area contributed by atoms with Crippen LogP contribution in [-0.2, 0) is 0 Å². The summed E-state index contributed by atoms with van der Waals surface area (Å²) < 4.78 is 1.06. The molecule has 2 aromatic rings. The number of hydrogen-bond donors (Lipinski definition) is 2. The highest BCUT2D eigenvalue weighted by Gasteiger charge is 2.15. The first kappa shape index (κ1) is 13.4. The SMILES string of the molecule is Brc1ccc(Nc2cc(NC3CCCC3)ncn2)cc1. The maximum Gasteiger partial charge on any atom is 0.135 e. The molecule has 0 unspecified atom stereocenters. The Kier molecular flexibility index (Phi) is 4.16. The predicted molar refractivity (Wildman–Crippen MR) is 85.3 cm³/mol. The fraction of sp³-hybridized carbons (Fsp3) is 0.333. The number of benzene rings is 1. The molecule has 4 nitrogen and oxygen atoms in total. The third-order valence-corrected chi connectivity index (χ3v) is 4.02. The molecule has 0 radical (unpaired) electrons. The Morgan fingerprint density at radius 1 is 1.00 bits per heavy atom. The molecule has 0 aliphatic heterocycles. The second-order valence-electron chi connectivity index (χ2n) is 5.05. The number of aromatic nitrogens is 2. The summed E-state index contributed by atoms with van der Waals surface area (Å²) in [6, 6.07) is 10.5. The number of rotatable bonds is 4. The molecule has 0 spiro atoms. The molecule has 1 aromatic carbocycles. The van der Waals surface area contributed by atoms with Gasteiger partial charge in [0.25, 0.3) is 0 Å². The fourth-order valence-electron chi connectivity index (χ4n) is 2.46. The zero-order valence-corrected chi connectivity index (χ0v) is 12.7. The topological polar surface area (TPSA) is 49.8 Å². The normalized spacial score (nSPS) is 15.2. The summed E-state index contributed by atoms with van der Waals surface area (Å²) in [6.07, 6.45) is 6.69. The third kappa shape index (κ3) is 3.48. The van der Waals surface area contributed by atoms with Crippen molar-refractivity contribution in [2.75, 3.05) is 10.6 Å². The lowest BCUT2D eigenvalue weighted by atomic mass is 10.2. The Hall–Kier alpha value is -1.62. The Morgan fingerprint density at radius 3 is 2.45 bits per heavy atom. The van der Waals surface area contributed by atoms with Gasteiger partial charge in [-0.1, -0.05) is 28.8 Å². The van der Waals surface area contributed by atoms with Gasteiger partial charge in [-0.25, -0.2) is 9.97 Å². The average molecular weight is 333 g/mol. The smallest absolute Gasteiger partial charge is 0.135 e. The molecule has 5 heteroatoms. The molecule has 1 saturated carbocycles. The first-order valence-corrected chi connectivity index (χ1v) is 7.70. The number of anilines is 3. The standard InChI is InChI=1S/C15H17BrN4/c16-11-5-7-13(8-6-11)20-15-9-14(17-10-18-15)19-12-3-1-2-4-12/h5-10,12H,1-4H2,(H2,17,18,19,20). The molecule has 1 heterocycles. The Labute approximate surface area is 127 Å². The van der Waals surface area contributed by atoms with Crippen LogP contribution in [-0.4, -0.2) is 16.0 Å². The zero-order valence-electron chi connectivity index (χ0n) is 11.1. The van der Waals surface area contributed by atoms with E-state index in [4.69, 9.17) is 0 Å². The molecule has 1 aliphatic carbocycles. The highest BCUT2D eigenvalue weighted by atomic mass is 79.9. The summed E-state index contributed by atoms with van der Waals surface area (Å²) in [5.74, 6) is 1.70. The molecular formula is C15H17BrN4. The van der Waals surface area contributed by atoms with Crippen molar-refractivity contribution in [2.24, 2.45) is 0 Å². The van der Waals surface area contributed by atoms with Crippen molar-refractivity contribution in [3.05, 3.63) is 41.1 Å².